The third-order valence-corrected chi connectivity index (χ3v) is 3.65. The molecule has 0 fully saturated rings. The van der Waals surface area contributed by atoms with Crippen molar-refractivity contribution >= 4 is 0 Å². The van der Waals surface area contributed by atoms with Gasteiger partial charge in [-0.1, -0.05) is 51.3 Å². The zero-order valence-electron chi connectivity index (χ0n) is 13.5. The number of hydrogen-bond donors (Lipinski definition) is 0. The lowest BCUT2D eigenvalue weighted by Crippen LogP contribution is -2.25. The van der Waals surface area contributed by atoms with E-state index in [1.54, 1.807) is 0 Å². The van der Waals surface area contributed by atoms with Gasteiger partial charge in [-0.2, -0.15) is 0 Å². The molecular formula is C18H31NO. The largest absolute Gasteiger partial charge is 0.492 e. The van der Waals surface area contributed by atoms with E-state index in [1.165, 1.54) is 44.2 Å². The molecule has 1 aromatic rings. The summed E-state index contributed by atoms with van der Waals surface area (Å²) in [5.74, 6) is 1.07. The minimum absolute atomic E-state index is 0.783. The van der Waals surface area contributed by atoms with Crippen molar-refractivity contribution in [2.24, 2.45) is 0 Å². The highest BCUT2D eigenvalue weighted by molar-refractivity contribution is 5.33. The Morgan fingerprint density at radius 3 is 2.45 bits per heavy atom. The normalized spacial score (nSPS) is 11.0. The molecule has 0 saturated heterocycles. The van der Waals surface area contributed by atoms with Crippen LogP contribution in [-0.4, -0.2) is 31.6 Å². The van der Waals surface area contributed by atoms with Crippen molar-refractivity contribution in [1.29, 1.82) is 0 Å². The summed E-state index contributed by atoms with van der Waals surface area (Å²) in [5, 5.41) is 0. The highest BCUT2D eigenvalue weighted by Gasteiger charge is 2.03. The Hall–Kier alpha value is -1.02. The van der Waals surface area contributed by atoms with E-state index in [9.17, 15) is 0 Å². The summed E-state index contributed by atoms with van der Waals surface area (Å²) in [4.78, 5) is 2.37. The second-order valence-corrected chi connectivity index (χ2v) is 5.57. The number of para-hydroxylation sites is 1. The molecule has 2 heteroatoms. The number of rotatable bonds is 11. The molecule has 0 aromatic heterocycles. The summed E-state index contributed by atoms with van der Waals surface area (Å²) in [5.41, 5.74) is 1.35. The fourth-order valence-electron chi connectivity index (χ4n) is 2.27. The van der Waals surface area contributed by atoms with Gasteiger partial charge in [0, 0.05) is 6.54 Å². The molecule has 0 bridgehead atoms. The summed E-state index contributed by atoms with van der Waals surface area (Å²) >= 11 is 0. The van der Waals surface area contributed by atoms with Gasteiger partial charge in [0.2, 0.25) is 0 Å². The van der Waals surface area contributed by atoms with Crippen molar-refractivity contribution in [3.05, 3.63) is 29.8 Å². The molecule has 0 N–H and O–H groups in total. The molecule has 2 nitrogen and oxygen atoms in total. The van der Waals surface area contributed by atoms with E-state index < -0.39 is 0 Å². The molecular weight excluding hydrogens is 246 g/mol. The molecule has 20 heavy (non-hydrogen) atoms. The molecule has 0 atom stereocenters. The van der Waals surface area contributed by atoms with E-state index >= 15 is 0 Å². The fraction of sp³-hybridized carbons (Fsp3) is 0.667. The predicted molar refractivity (Wildman–Crippen MR) is 87.6 cm³/mol. The Morgan fingerprint density at radius 2 is 1.70 bits per heavy atom. The van der Waals surface area contributed by atoms with E-state index in [2.05, 4.69) is 50.1 Å². The van der Waals surface area contributed by atoms with Crippen molar-refractivity contribution < 1.29 is 4.74 Å². The molecule has 0 radical (unpaired) electrons. The predicted octanol–water partition coefficient (Wildman–Crippen LogP) is 4.53. The van der Waals surface area contributed by atoms with Crippen LogP contribution < -0.4 is 4.74 Å². The van der Waals surface area contributed by atoms with Crippen LogP contribution in [0.1, 0.15) is 51.5 Å². The maximum atomic E-state index is 5.97. The number of hydrogen-bond acceptors (Lipinski definition) is 2. The molecule has 0 amide bonds. The van der Waals surface area contributed by atoms with Gasteiger partial charge in [0.15, 0.2) is 0 Å². The molecule has 0 heterocycles. The van der Waals surface area contributed by atoms with Crippen molar-refractivity contribution in [1.82, 2.24) is 4.90 Å². The van der Waals surface area contributed by atoms with Gasteiger partial charge in [0.1, 0.15) is 12.4 Å². The lowest BCUT2D eigenvalue weighted by molar-refractivity contribution is 0.233. The van der Waals surface area contributed by atoms with Gasteiger partial charge in [-0.05, 0) is 44.5 Å². The molecule has 0 saturated carbocycles. The van der Waals surface area contributed by atoms with E-state index in [0.717, 1.165) is 25.3 Å². The van der Waals surface area contributed by atoms with Crippen molar-refractivity contribution in [2.75, 3.05) is 26.7 Å². The molecule has 114 valence electrons. The van der Waals surface area contributed by atoms with Crippen LogP contribution in [0.3, 0.4) is 0 Å². The molecule has 0 spiro atoms. The van der Waals surface area contributed by atoms with Crippen LogP contribution in [0, 0.1) is 0 Å². The number of nitrogens with zero attached hydrogens (tertiary/aromatic N) is 1. The minimum Gasteiger partial charge on any atom is -0.492 e. The number of unbranched alkanes of at least 4 members (excludes halogenated alkanes) is 3. The van der Waals surface area contributed by atoms with Crippen LogP contribution in [0.25, 0.3) is 0 Å². The maximum absolute atomic E-state index is 5.97. The monoisotopic (exact) mass is 277 g/mol. The van der Waals surface area contributed by atoms with Crippen molar-refractivity contribution in [2.45, 2.75) is 52.4 Å². The standard InChI is InChI=1S/C18H31NO/c1-4-6-10-14-19(3)15-16-20-18-13-9-8-12-17(18)11-7-5-2/h8-9,12-13H,4-7,10-11,14-16H2,1-3H3. The number of aryl methyl sites for hydroxylation is 1. The second kappa shape index (κ2) is 10.7. The van der Waals surface area contributed by atoms with E-state index in [-0.39, 0.29) is 0 Å². The molecule has 0 unspecified atom stereocenters. The third-order valence-electron chi connectivity index (χ3n) is 3.65. The summed E-state index contributed by atoms with van der Waals surface area (Å²) < 4.78 is 5.97. The highest BCUT2D eigenvalue weighted by atomic mass is 16.5. The molecule has 0 aliphatic heterocycles. The highest BCUT2D eigenvalue weighted by Crippen LogP contribution is 2.20. The Bertz CT molecular complexity index is 351. The first-order chi connectivity index (χ1) is 9.77. The smallest absolute Gasteiger partial charge is 0.122 e. The molecule has 0 aliphatic carbocycles. The van der Waals surface area contributed by atoms with Crippen LogP contribution in [0.15, 0.2) is 24.3 Å². The summed E-state index contributed by atoms with van der Waals surface area (Å²) in [7, 11) is 2.18. The van der Waals surface area contributed by atoms with Gasteiger partial charge >= 0.3 is 0 Å². The zero-order valence-corrected chi connectivity index (χ0v) is 13.5. The first-order valence-corrected chi connectivity index (χ1v) is 8.17. The average molecular weight is 277 g/mol. The van der Waals surface area contributed by atoms with E-state index in [4.69, 9.17) is 4.74 Å². The lowest BCUT2D eigenvalue weighted by Gasteiger charge is -2.17. The molecule has 1 rings (SSSR count). The van der Waals surface area contributed by atoms with Crippen LogP contribution in [0.5, 0.6) is 5.75 Å². The van der Waals surface area contributed by atoms with Gasteiger partial charge in [-0.15, -0.1) is 0 Å². The van der Waals surface area contributed by atoms with Gasteiger partial charge in [0.05, 0.1) is 0 Å². The van der Waals surface area contributed by atoms with Crippen LogP contribution in [0.4, 0.5) is 0 Å². The number of likely N-dealkylation sites (N-methyl/N-ethyl adjacent to an activating group) is 1. The Kier molecular flexibility index (Phi) is 9.14. The summed E-state index contributed by atoms with van der Waals surface area (Å²) in [6.45, 7) is 7.44. The average Bonchev–Trinajstić information content (AvgIpc) is 2.46. The Labute approximate surface area is 125 Å². The lowest BCUT2D eigenvalue weighted by atomic mass is 10.1. The maximum Gasteiger partial charge on any atom is 0.122 e. The minimum atomic E-state index is 0.783. The molecule has 1 aromatic carbocycles. The van der Waals surface area contributed by atoms with E-state index in [1.807, 2.05) is 0 Å². The first kappa shape index (κ1) is 17.0. The van der Waals surface area contributed by atoms with Gasteiger partial charge in [0.25, 0.3) is 0 Å². The van der Waals surface area contributed by atoms with Gasteiger partial charge in [-0.3, -0.25) is 0 Å². The quantitative estimate of drug-likeness (QED) is 0.551. The third kappa shape index (κ3) is 6.95. The Balaban J connectivity index is 2.30. The van der Waals surface area contributed by atoms with E-state index in [0.29, 0.717) is 0 Å². The topological polar surface area (TPSA) is 12.5 Å². The second-order valence-electron chi connectivity index (χ2n) is 5.57. The first-order valence-electron chi connectivity index (χ1n) is 8.17. The number of ether oxygens (including phenoxy) is 1. The van der Waals surface area contributed by atoms with Crippen molar-refractivity contribution in [3.8, 4) is 5.75 Å². The SMILES string of the molecule is CCCCCN(C)CCOc1ccccc1CCCC. The summed E-state index contributed by atoms with van der Waals surface area (Å²) in [6, 6.07) is 8.46. The van der Waals surface area contributed by atoms with Crippen LogP contribution in [-0.2, 0) is 6.42 Å². The zero-order chi connectivity index (χ0) is 14.6. The van der Waals surface area contributed by atoms with Gasteiger partial charge < -0.3 is 9.64 Å². The molecule has 0 aliphatic rings. The fourth-order valence-corrected chi connectivity index (χ4v) is 2.27. The van der Waals surface area contributed by atoms with Crippen molar-refractivity contribution in [3.63, 3.8) is 0 Å². The van der Waals surface area contributed by atoms with Gasteiger partial charge in [-0.25, -0.2) is 0 Å². The Morgan fingerprint density at radius 1 is 0.950 bits per heavy atom. The van der Waals surface area contributed by atoms with Crippen LogP contribution >= 0.6 is 0 Å². The summed E-state index contributed by atoms with van der Waals surface area (Å²) in [6.07, 6.45) is 7.49. The van der Waals surface area contributed by atoms with Crippen LogP contribution in [0.2, 0.25) is 0 Å². The number of benzene rings is 1.